The Hall–Kier alpha value is -2.10. The molecule has 1 atom stereocenters. The molecule has 4 heteroatoms. The number of fused-ring (bicyclic) bond motifs is 1. The third-order valence-electron chi connectivity index (χ3n) is 3.29. The number of carbonyl (C=O) groups is 1. The van der Waals surface area contributed by atoms with Gasteiger partial charge in [-0.25, -0.2) is 0 Å². The molecule has 100 valence electrons. The van der Waals surface area contributed by atoms with Crippen LogP contribution in [-0.2, 0) is 0 Å². The molecule has 1 aromatic heterocycles. The van der Waals surface area contributed by atoms with E-state index in [-0.39, 0.29) is 5.78 Å². The molecule has 0 aliphatic rings. The van der Waals surface area contributed by atoms with E-state index in [1.807, 2.05) is 24.3 Å². The molecule has 0 saturated heterocycles. The van der Waals surface area contributed by atoms with Crippen LogP contribution in [0.2, 0.25) is 5.02 Å². The monoisotopic (exact) mass is 285 g/mol. The molecule has 0 saturated carbocycles. The minimum atomic E-state index is -1.19. The number of hydrogen-bond acceptors (Lipinski definition) is 2. The van der Waals surface area contributed by atoms with Gasteiger partial charge in [-0.2, -0.15) is 0 Å². The van der Waals surface area contributed by atoms with Gasteiger partial charge in [0, 0.05) is 27.7 Å². The van der Waals surface area contributed by atoms with Gasteiger partial charge in [-0.3, -0.25) is 4.79 Å². The van der Waals surface area contributed by atoms with Gasteiger partial charge in [-0.15, -0.1) is 0 Å². The van der Waals surface area contributed by atoms with E-state index in [9.17, 15) is 9.90 Å². The van der Waals surface area contributed by atoms with Crippen LogP contribution in [0.15, 0.2) is 54.7 Å². The van der Waals surface area contributed by atoms with Gasteiger partial charge < -0.3 is 10.1 Å². The number of carbonyl (C=O) groups excluding carboxylic acids is 1. The Morgan fingerprint density at radius 1 is 1.10 bits per heavy atom. The zero-order chi connectivity index (χ0) is 14.1. The maximum Gasteiger partial charge on any atom is 0.197 e. The number of aliphatic hydroxyl groups excluding tert-OH is 1. The van der Waals surface area contributed by atoms with E-state index in [4.69, 9.17) is 11.6 Å². The quantitative estimate of drug-likeness (QED) is 0.720. The summed E-state index contributed by atoms with van der Waals surface area (Å²) in [6.45, 7) is 0. The number of H-pyrrole nitrogens is 1. The van der Waals surface area contributed by atoms with E-state index < -0.39 is 6.10 Å². The molecule has 0 unspecified atom stereocenters. The SMILES string of the molecule is O=C(c1c[nH]c2ccccc12)[C@H](O)c1ccc(Cl)cc1. The Morgan fingerprint density at radius 2 is 1.80 bits per heavy atom. The normalized spacial score (nSPS) is 12.5. The lowest BCUT2D eigenvalue weighted by molar-refractivity contribution is 0.0749. The van der Waals surface area contributed by atoms with Gasteiger partial charge in [-0.05, 0) is 23.8 Å². The molecular formula is C16H12ClNO2. The van der Waals surface area contributed by atoms with Crippen molar-refractivity contribution in [1.29, 1.82) is 0 Å². The Kier molecular flexibility index (Phi) is 3.30. The molecule has 0 fully saturated rings. The summed E-state index contributed by atoms with van der Waals surface area (Å²) in [5.74, 6) is -0.329. The summed E-state index contributed by atoms with van der Waals surface area (Å²) in [4.78, 5) is 15.4. The van der Waals surface area contributed by atoms with Crippen LogP contribution in [0.1, 0.15) is 22.0 Å². The van der Waals surface area contributed by atoms with Gasteiger partial charge in [0.05, 0.1) is 0 Å². The van der Waals surface area contributed by atoms with Crippen LogP contribution in [0.5, 0.6) is 0 Å². The summed E-state index contributed by atoms with van der Waals surface area (Å²) in [6.07, 6.45) is 0.443. The second kappa shape index (κ2) is 5.12. The number of aromatic nitrogens is 1. The van der Waals surface area contributed by atoms with Crippen LogP contribution >= 0.6 is 11.6 Å². The Labute approximate surface area is 120 Å². The van der Waals surface area contributed by atoms with Crippen molar-refractivity contribution in [2.75, 3.05) is 0 Å². The zero-order valence-electron chi connectivity index (χ0n) is 10.5. The highest BCUT2D eigenvalue weighted by atomic mass is 35.5. The number of nitrogens with one attached hydrogen (secondary N) is 1. The third kappa shape index (κ3) is 2.22. The number of aromatic amines is 1. The van der Waals surface area contributed by atoms with Crippen molar-refractivity contribution in [2.45, 2.75) is 6.10 Å². The number of Topliss-reactive ketones (excluding diaryl/α,β-unsaturated/α-hetero) is 1. The van der Waals surface area contributed by atoms with Crippen molar-refractivity contribution >= 4 is 28.3 Å². The largest absolute Gasteiger partial charge is 0.380 e. The van der Waals surface area contributed by atoms with Gasteiger partial charge in [0.2, 0.25) is 0 Å². The number of aliphatic hydroxyl groups is 1. The number of ketones is 1. The first-order valence-corrected chi connectivity index (χ1v) is 6.58. The summed E-state index contributed by atoms with van der Waals surface area (Å²) >= 11 is 5.80. The maximum atomic E-state index is 12.4. The van der Waals surface area contributed by atoms with Crippen LogP contribution in [0.3, 0.4) is 0 Å². The van der Waals surface area contributed by atoms with Crippen molar-refractivity contribution in [2.24, 2.45) is 0 Å². The molecule has 3 rings (SSSR count). The van der Waals surface area contributed by atoms with Crippen LogP contribution in [-0.4, -0.2) is 15.9 Å². The van der Waals surface area contributed by atoms with Crippen molar-refractivity contribution < 1.29 is 9.90 Å². The van der Waals surface area contributed by atoms with Gasteiger partial charge in [-0.1, -0.05) is 41.9 Å². The zero-order valence-corrected chi connectivity index (χ0v) is 11.3. The van der Waals surface area contributed by atoms with Gasteiger partial charge in [0.25, 0.3) is 0 Å². The van der Waals surface area contributed by atoms with E-state index in [0.717, 1.165) is 10.9 Å². The lowest BCUT2D eigenvalue weighted by atomic mass is 10.00. The highest BCUT2D eigenvalue weighted by molar-refractivity contribution is 6.30. The van der Waals surface area contributed by atoms with Crippen molar-refractivity contribution in [3.05, 3.63) is 70.9 Å². The second-order valence-corrected chi connectivity index (χ2v) is 5.00. The maximum absolute atomic E-state index is 12.4. The Morgan fingerprint density at radius 3 is 2.55 bits per heavy atom. The molecule has 2 N–H and O–H groups in total. The highest BCUT2D eigenvalue weighted by Crippen LogP contribution is 2.25. The van der Waals surface area contributed by atoms with Crippen molar-refractivity contribution in [1.82, 2.24) is 4.98 Å². The molecule has 3 aromatic rings. The van der Waals surface area contributed by atoms with Gasteiger partial charge in [0.1, 0.15) is 6.10 Å². The Balaban J connectivity index is 1.97. The number of rotatable bonds is 3. The molecular weight excluding hydrogens is 274 g/mol. The lowest BCUT2D eigenvalue weighted by Crippen LogP contribution is -2.11. The fraction of sp³-hybridized carbons (Fsp3) is 0.0625. The average molecular weight is 286 g/mol. The second-order valence-electron chi connectivity index (χ2n) is 4.57. The van der Waals surface area contributed by atoms with Crippen LogP contribution in [0.25, 0.3) is 10.9 Å². The Bertz CT molecular complexity index is 762. The van der Waals surface area contributed by atoms with Gasteiger partial charge in [0.15, 0.2) is 5.78 Å². The molecule has 0 aliphatic heterocycles. The van der Waals surface area contributed by atoms with Crippen LogP contribution < -0.4 is 0 Å². The highest BCUT2D eigenvalue weighted by Gasteiger charge is 2.21. The summed E-state index contributed by atoms with van der Waals surface area (Å²) in [5.41, 5.74) is 1.90. The smallest absolute Gasteiger partial charge is 0.197 e. The minimum absolute atomic E-state index is 0.329. The first-order valence-electron chi connectivity index (χ1n) is 6.20. The molecule has 2 aromatic carbocycles. The molecule has 0 spiro atoms. The molecule has 3 nitrogen and oxygen atoms in total. The van der Waals surface area contributed by atoms with Gasteiger partial charge >= 0.3 is 0 Å². The summed E-state index contributed by atoms with van der Waals surface area (Å²) in [6, 6.07) is 14.1. The van der Waals surface area contributed by atoms with E-state index in [0.29, 0.717) is 16.1 Å². The minimum Gasteiger partial charge on any atom is -0.380 e. The van der Waals surface area contributed by atoms with E-state index >= 15 is 0 Å². The van der Waals surface area contributed by atoms with Crippen molar-refractivity contribution in [3.8, 4) is 0 Å². The first-order chi connectivity index (χ1) is 9.66. The van der Waals surface area contributed by atoms with E-state index in [1.54, 1.807) is 30.5 Å². The standard InChI is InChI=1S/C16H12ClNO2/c17-11-7-5-10(6-8-11)15(19)16(20)13-9-18-14-4-2-1-3-12(13)14/h1-9,15,18-19H/t15-/m1/s1. The molecule has 1 heterocycles. The first kappa shape index (κ1) is 12.9. The van der Waals surface area contributed by atoms with Crippen LogP contribution in [0.4, 0.5) is 0 Å². The van der Waals surface area contributed by atoms with Crippen molar-refractivity contribution in [3.63, 3.8) is 0 Å². The average Bonchev–Trinajstić information content (AvgIpc) is 2.90. The molecule has 0 aliphatic carbocycles. The number of halogens is 1. The third-order valence-corrected chi connectivity index (χ3v) is 3.54. The van der Waals surface area contributed by atoms with E-state index in [1.165, 1.54) is 0 Å². The fourth-order valence-corrected chi connectivity index (χ4v) is 2.35. The molecule has 20 heavy (non-hydrogen) atoms. The summed E-state index contributed by atoms with van der Waals surface area (Å²) in [7, 11) is 0. The summed E-state index contributed by atoms with van der Waals surface area (Å²) < 4.78 is 0. The predicted octanol–water partition coefficient (Wildman–Crippen LogP) is 3.74. The summed E-state index contributed by atoms with van der Waals surface area (Å²) in [5, 5.41) is 11.6. The predicted molar refractivity (Wildman–Crippen MR) is 79.0 cm³/mol. The number of benzene rings is 2. The number of para-hydroxylation sites is 1. The fourth-order valence-electron chi connectivity index (χ4n) is 2.22. The lowest BCUT2D eigenvalue weighted by Gasteiger charge is -2.09. The topological polar surface area (TPSA) is 53.1 Å². The van der Waals surface area contributed by atoms with Crippen LogP contribution in [0, 0.1) is 0 Å². The molecule has 0 radical (unpaired) electrons. The molecule has 0 bridgehead atoms. The molecule has 0 amide bonds. The van der Waals surface area contributed by atoms with E-state index in [2.05, 4.69) is 4.98 Å². The number of hydrogen-bond donors (Lipinski definition) is 2.